The van der Waals surface area contributed by atoms with Crippen LogP contribution < -0.4 is 5.32 Å². The minimum absolute atomic E-state index is 0.0564. The van der Waals surface area contributed by atoms with Crippen molar-refractivity contribution in [3.05, 3.63) is 23.8 Å². The molecule has 1 aromatic carbocycles. The van der Waals surface area contributed by atoms with Crippen molar-refractivity contribution in [1.29, 1.82) is 0 Å². The lowest BCUT2D eigenvalue weighted by Crippen LogP contribution is -2.30. The number of carboxylic acid groups (broad SMARTS) is 1. The third kappa shape index (κ3) is 5.88. The summed E-state index contributed by atoms with van der Waals surface area (Å²) in [6.45, 7) is 3.28. The molecular weight excluding hydrogens is 354 g/mol. The van der Waals surface area contributed by atoms with E-state index in [4.69, 9.17) is 9.52 Å². The van der Waals surface area contributed by atoms with E-state index < -0.39 is 6.09 Å². The zero-order chi connectivity index (χ0) is 19.8. The third-order valence-corrected chi connectivity index (χ3v) is 5.56. The van der Waals surface area contributed by atoms with Crippen molar-refractivity contribution in [2.75, 3.05) is 18.4 Å². The molecule has 0 saturated carbocycles. The number of rotatable bonds is 11. The Morgan fingerprint density at radius 1 is 1.21 bits per heavy atom. The number of aromatic nitrogens is 1. The number of benzene rings is 1. The first-order chi connectivity index (χ1) is 13.7. The Labute approximate surface area is 167 Å². The first kappa shape index (κ1) is 20.5. The van der Waals surface area contributed by atoms with Gasteiger partial charge in [0.15, 0.2) is 5.58 Å². The lowest BCUT2D eigenvalue weighted by molar-refractivity contribution is 0.155. The molecule has 2 heterocycles. The summed E-state index contributed by atoms with van der Waals surface area (Å²) in [4.78, 5) is 16.9. The fourth-order valence-electron chi connectivity index (χ4n) is 3.88. The van der Waals surface area contributed by atoms with Gasteiger partial charge in [-0.05, 0) is 37.0 Å². The first-order valence-corrected chi connectivity index (χ1v) is 10.8. The van der Waals surface area contributed by atoms with Crippen LogP contribution in [0.2, 0.25) is 0 Å². The molecule has 154 valence electrons. The van der Waals surface area contributed by atoms with Gasteiger partial charge in [0.25, 0.3) is 6.01 Å². The number of nitrogens with one attached hydrogen (secondary N) is 1. The minimum Gasteiger partial charge on any atom is -0.465 e. The number of unbranched alkanes of at least 4 members (excludes halogenated alkanes) is 7. The SMILES string of the molecule is CCCCCCCCCCc1ccc2nc(N[C@H]3CCN(C(=O)O)C3)oc2c1. The van der Waals surface area contributed by atoms with Crippen LogP contribution >= 0.6 is 0 Å². The molecule has 1 aliphatic rings. The number of aryl methyl sites for hydroxylation is 1. The molecule has 0 aliphatic carbocycles. The van der Waals surface area contributed by atoms with Gasteiger partial charge >= 0.3 is 6.09 Å². The molecule has 1 aliphatic heterocycles. The topological polar surface area (TPSA) is 78.6 Å². The van der Waals surface area contributed by atoms with Crippen molar-refractivity contribution >= 4 is 23.2 Å². The normalized spacial score (nSPS) is 16.8. The smallest absolute Gasteiger partial charge is 0.407 e. The van der Waals surface area contributed by atoms with Crippen LogP contribution in [0.15, 0.2) is 22.6 Å². The second-order valence-electron chi connectivity index (χ2n) is 7.90. The minimum atomic E-state index is -0.868. The average molecular weight is 388 g/mol. The molecule has 0 unspecified atom stereocenters. The predicted octanol–water partition coefficient (Wildman–Crippen LogP) is 5.68. The highest BCUT2D eigenvalue weighted by Crippen LogP contribution is 2.23. The molecule has 6 heteroatoms. The molecule has 1 amide bonds. The summed E-state index contributed by atoms with van der Waals surface area (Å²) in [5, 5.41) is 12.3. The molecule has 1 fully saturated rings. The lowest BCUT2D eigenvalue weighted by Gasteiger charge is -2.12. The fourth-order valence-corrected chi connectivity index (χ4v) is 3.88. The van der Waals surface area contributed by atoms with Crippen LogP contribution in [0.25, 0.3) is 11.1 Å². The van der Waals surface area contributed by atoms with Crippen LogP contribution in [-0.4, -0.2) is 40.2 Å². The highest BCUT2D eigenvalue weighted by Gasteiger charge is 2.26. The maximum atomic E-state index is 11.0. The summed E-state index contributed by atoms with van der Waals surface area (Å²) in [5.41, 5.74) is 2.93. The molecule has 2 N–H and O–H groups in total. The zero-order valence-corrected chi connectivity index (χ0v) is 17.0. The van der Waals surface area contributed by atoms with Crippen LogP contribution in [0.5, 0.6) is 0 Å². The summed E-state index contributed by atoms with van der Waals surface area (Å²) < 4.78 is 5.86. The number of oxazole rings is 1. The van der Waals surface area contributed by atoms with E-state index in [9.17, 15) is 4.79 Å². The molecule has 0 spiro atoms. The van der Waals surface area contributed by atoms with Gasteiger partial charge in [-0.2, -0.15) is 4.98 Å². The van der Waals surface area contributed by atoms with Crippen LogP contribution in [0.4, 0.5) is 10.8 Å². The summed E-state index contributed by atoms with van der Waals surface area (Å²) in [6, 6.07) is 6.78. The van der Waals surface area contributed by atoms with Crippen LogP contribution in [0, 0.1) is 0 Å². The Bertz CT molecular complexity index is 759. The Morgan fingerprint density at radius 3 is 2.68 bits per heavy atom. The Balaban J connectivity index is 1.43. The van der Waals surface area contributed by atoms with Crippen molar-refractivity contribution in [1.82, 2.24) is 9.88 Å². The second-order valence-corrected chi connectivity index (χ2v) is 7.90. The Kier molecular flexibility index (Phi) is 7.57. The summed E-state index contributed by atoms with van der Waals surface area (Å²) in [5.74, 6) is 0. The molecule has 6 nitrogen and oxygen atoms in total. The number of hydrogen-bond acceptors (Lipinski definition) is 4. The molecule has 0 bridgehead atoms. The fraction of sp³-hybridized carbons (Fsp3) is 0.636. The highest BCUT2D eigenvalue weighted by atomic mass is 16.4. The maximum Gasteiger partial charge on any atom is 0.407 e. The van der Waals surface area contributed by atoms with Gasteiger partial charge in [-0.25, -0.2) is 4.79 Å². The number of amides is 1. The molecule has 2 aromatic rings. The van der Waals surface area contributed by atoms with Crippen molar-refractivity contribution in [3.63, 3.8) is 0 Å². The Morgan fingerprint density at radius 2 is 1.96 bits per heavy atom. The van der Waals surface area contributed by atoms with Gasteiger partial charge in [0.05, 0.1) is 0 Å². The van der Waals surface area contributed by atoms with Gasteiger partial charge in [-0.3, -0.25) is 0 Å². The zero-order valence-electron chi connectivity index (χ0n) is 17.0. The monoisotopic (exact) mass is 387 g/mol. The molecule has 1 aromatic heterocycles. The molecular formula is C22H33N3O3. The second kappa shape index (κ2) is 10.3. The quantitative estimate of drug-likeness (QED) is 0.485. The number of fused-ring (bicyclic) bond motifs is 1. The van der Waals surface area contributed by atoms with E-state index in [0.717, 1.165) is 23.9 Å². The molecule has 3 rings (SSSR count). The summed E-state index contributed by atoms with van der Waals surface area (Å²) in [6.07, 6.45) is 11.6. The number of anilines is 1. The van der Waals surface area contributed by atoms with E-state index in [1.165, 1.54) is 61.8 Å². The number of hydrogen-bond donors (Lipinski definition) is 2. The predicted molar refractivity (Wildman–Crippen MR) is 112 cm³/mol. The van der Waals surface area contributed by atoms with Crippen LogP contribution in [0.1, 0.15) is 70.3 Å². The molecule has 28 heavy (non-hydrogen) atoms. The number of nitrogens with zero attached hydrogens (tertiary/aromatic N) is 2. The van der Waals surface area contributed by atoms with Crippen molar-refractivity contribution in [2.24, 2.45) is 0 Å². The number of carbonyl (C=O) groups is 1. The van der Waals surface area contributed by atoms with Crippen LogP contribution in [0.3, 0.4) is 0 Å². The standard InChI is InChI=1S/C22H33N3O3/c1-2-3-4-5-6-7-8-9-10-17-11-12-19-20(15-17)28-21(24-19)23-18-13-14-25(16-18)22(26)27/h11-12,15,18H,2-10,13-14,16H2,1H3,(H,23,24)(H,26,27)/t18-/m0/s1. The van der Waals surface area contributed by atoms with Crippen molar-refractivity contribution < 1.29 is 14.3 Å². The van der Waals surface area contributed by atoms with E-state index in [1.54, 1.807) is 0 Å². The van der Waals surface area contributed by atoms with Gasteiger partial charge in [0.1, 0.15) is 5.52 Å². The maximum absolute atomic E-state index is 11.0. The van der Waals surface area contributed by atoms with Crippen molar-refractivity contribution in [2.45, 2.75) is 77.2 Å². The summed E-state index contributed by atoms with van der Waals surface area (Å²) >= 11 is 0. The lowest BCUT2D eigenvalue weighted by atomic mass is 10.0. The largest absolute Gasteiger partial charge is 0.465 e. The van der Waals surface area contributed by atoms with E-state index in [1.807, 2.05) is 6.07 Å². The van der Waals surface area contributed by atoms with Crippen molar-refractivity contribution in [3.8, 4) is 0 Å². The van der Waals surface area contributed by atoms with E-state index >= 15 is 0 Å². The molecule has 1 atom stereocenters. The molecule has 0 radical (unpaired) electrons. The van der Waals surface area contributed by atoms with Gasteiger partial charge < -0.3 is 19.7 Å². The first-order valence-electron chi connectivity index (χ1n) is 10.8. The van der Waals surface area contributed by atoms with E-state index in [2.05, 4.69) is 29.4 Å². The Hall–Kier alpha value is -2.24. The van der Waals surface area contributed by atoms with Crippen LogP contribution in [-0.2, 0) is 6.42 Å². The summed E-state index contributed by atoms with van der Waals surface area (Å²) in [7, 11) is 0. The van der Waals surface area contributed by atoms with Gasteiger partial charge in [-0.15, -0.1) is 0 Å². The van der Waals surface area contributed by atoms with E-state index in [-0.39, 0.29) is 6.04 Å². The van der Waals surface area contributed by atoms with Gasteiger partial charge in [-0.1, -0.05) is 57.9 Å². The average Bonchev–Trinajstić information content (AvgIpc) is 3.30. The third-order valence-electron chi connectivity index (χ3n) is 5.56. The molecule has 1 saturated heterocycles. The van der Waals surface area contributed by atoms with Gasteiger partial charge in [0, 0.05) is 19.1 Å². The highest BCUT2D eigenvalue weighted by molar-refractivity contribution is 5.75. The van der Waals surface area contributed by atoms with E-state index in [0.29, 0.717) is 19.1 Å². The number of likely N-dealkylation sites (tertiary alicyclic amines) is 1. The van der Waals surface area contributed by atoms with Gasteiger partial charge in [0.2, 0.25) is 0 Å².